The number of halogens is 2. The van der Waals surface area contributed by atoms with Gasteiger partial charge in [-0.3, -0.25) is 14.4 Å². The van der Waals surface area contributed by atoms with Crippen LogP contribution in [0.5, 0.6) is 5.75 Å². The number of nitrogens with zero attached hydrogens (tertiary/aromatic N) is 3. The van der Waals surface area contributed by atoms with E-state index in [9.17, 15) is 14.4 Å². The van der Waals surface area contributed by atoms with Crippen LogP contribution < -0.4 is 15.4 Å². The number of ether oxygens (including phenoxy) is 1. The van der Waals surface area contributed by atoms with Crippen LogP contribution in [0, 0.1) is 5.41 Å². The molecule has 1 atom stereocenters. The fraction of sp³-hybridized carbons (Fsp3) is 0.462. The Hall–Kier alpha value is -3.76. The van der Waals surface area contributed by atoms with E-state index in [0.717, 1.165) is 23.1 Å². The van der Waals surface area contributed by atoms with Crippen LogP contribution in [0.1, 0.15) is 105 Å². The predicted octanol–water partition coefficient (Wildman–Crippen LogP) is 9.82. The summed E-state index contributed by atoms with van der Waals surface area (Å²) < 4.78 is 8.38. The second-order valence-corrected chi connectivity index (χ2v) is 16.4. The summed E-state index contributed by atoms with van der Waals surface area (Å²) in [5.41, 5.74) is 3.38. The molecule has 0 unspecified atom stereocenters. The van der Waals surface area contributed by atoms with Gasteiger partial charge in [-0.05, 0) is 78.1 Å². The summed E-state index contributed by atoms with van der Waals surface area (Å²) in [7, 11) is 0. The zero-order chi connectivity index (χ0) is 37.0. The van der Waals surface area contributed by atoms with E-state index in [1.165, 1.54) is 15.8 Å². The second-order valence-electron chi connectivity index (χ2n) is 15.1. The molecule has 0 radical (unpaired) electrons. The maximum absolute atomic E-state index is 13.8. The fourth-order valence-corrected chi connectivity index (χ4v) is 5.91. The van der Waals surface area contributed by atoms with E-state index in [0.29, 0.717) is 29.7 Å². The van der Waals surface area contributed by atoms with Crippen LogP contribution in [0.25, 0.3) is 11.0 Å². The van der Waals surface area contributed by atoms with Crippen LogP contribution in [-0.4, -0.2) is 39.2 Å². The molecule has 3 aromatic carbocycles. The molecule has 0 saturated heterocycles. The molecule has 11 heteroatoms. The lowest BCUT2D eigenvalue weighted by Gasteiger charge is -2.30. The monoisotopic (exact) mass is 765 g/mol. The first-order valence-electron chi connectivity index (χ1n) is 17.1. The van der Waals surface area contributed by atoms with Crippen molar-refractivity contribution in [3.8, 4) is 5.75 Å². The number of fused-ring (bicyclic) bond motifs is 1. The Labute approximate surface area is 309 Å². The highest BCUT2D eigenvalue weighted by molar-refractivity contribution is 9.10. The molecule has 0 aliphatic heterocycles. The van der Waals surface area contributed by atoms with Crippen molar-refractivity contribution in [3.63, 3.8) is 0 Å². The number of hydrogen-bond donors (Lipinski definition) is 2. The minimum absolute atomic E-state index is 0.0607. The number of carbonyl (C=O) groups excluding carboxylic acids is 3. The molecule has 0 saturated carbocycles. The Morgan fingerprint density at radius 1 is 0.900 bits per heavy atom. The van der Waals surface area contributed by atoms with Gasteiger partial charge in [0, 0.05) is 27.6 Å². The second kappa shape index (κ2) is 15.6. The van der Waals surface area contributed by atoms with Gasteiger partial charge in [-0.15, -0.1) is 5.10 Å². The number of hydrogen-bond acceptors (Lipinski definition) is 6. The number of Topliss-reactive ketones (excluding diaryl/α,β-unsaturated/α-hetero) is 1. The topological polar surface area (TPSA) is 115 Å². The number of carbonyl (C=O) groups is 3. The largest absolute Gasteiger partial charge is 0.493 e. The Bertz CT molecular complexity index is 1880. The normalized spacial score (nSPS) is 12.9. The first-order valence-corrected chi connectivity index (χ1v) is 18.3. The highest BCUT2D eigenvalue weighted by Gasteiger charge is 2.38. The molecule has 4 rings (SSSR count). The average molecular weight is 767 g/mol. The molecule has 1 aromatic heterocycles. The smallest absolute Gasteiger partial charge is 0.257 e. The molecule has 50 heavy (non-hydrogen) atoms. The number of nitrogens with one attached hydrogen (secondary N) is 2. The van der Waals surface area contributed by atoms with Gasteiger partial charge in [0.25, 0.3) is 5.91 Å². The van der Waals surface area contributed by atoms with Crippen LogP contribution in [0.4, 0.5) is 11.4 Å². The van der Waals surface area contributed by atoms with Crippen molar-refractivity contribution in [2.24, 2.45) is 5.41 Å². The predicted molar refractivity (Wildman–Crippen MR) is 205 cm³/mol. The van der Waals surface area contributed by atoms with Crippen LogP contribution in [0.2, 0.25) is 5.02 Å². The number of aromatic nitrogens is 3. The van der Waals surface area contributed by atoms with Gasteiger partial charge < -0.3 is 15.4 Å². The average Bonchev–Trinajstić information content (AvgIpc) is 3.46. The Morgan fingerprint density at radius 2 is 1.60 bits per heavy atom. The van der Waals surface area contributed by atoms with E-state index in [1.54, 1.807) is 57.2 Å². The summed E-state index contributed by atoms with van der Waals surface area (Å²) in [6.07, 6.45) is 2.74. The number of rotatable bonds is 14. The molecule has 0 aliphatic rings. The SMILES string of the molecule is CCC(C)(C)c1ccc(OCCCC(=O)Nc2ccc(Cl)c(NC(=O)[C@H](C(=O)C(C)(C)C)n3nnc4cc(Br)ccc43)c2)c(C(C)(C)CC)c1. The van der Waals surface area contributed by atoms with Crippen LogP contribution in [-0.2, 0) is 25.2 Å². The molecule has 0 bridgehead atoms. The molecular formula is C39H49BrClN5O4. The lowest BCUT2D eigenvalue weighted by Crippen LogP contribution is -2.39. The summed E-state index contributed by atoms with van der Waals surface area (Å²) in [5, 5.41) is 14.3. The number of benzene rings is 3. The summed E-state index contributed by atoms with van der Waals surface area (Å²) in [4.78, 5) is 40.4. The van der Waals surface area contributed by atoms with Gasteiger partial charge in [0.2, 0.25) is 5.91 Å². The van der Waals surface area contributed by atoms with E-state index in [4.69, 9.17) is 16.3 Å². The van der Waals surface area contributed by atoms with Gasteiger partial charge in [-0.2, -0.15) is 0 Å². The Morgan fingerprint density at radius 3 is 2.26 bits per heavy atom. The summed E-state index contributed by atoms with van der Waals surface area (Å²) >= 11 is 9.90. The molecule has 9 nitrogen and oxygen atoms in total. The zero-order valence-corrected chi connectivity index (χ0v) is 32.9. The van der Waals surface area contributed by atoms with Crippen molar-refractivity contribution in [2.75, 3.05) is 17.2 Å². The molecule has 1 heterocycles. The number of amides is 2. The molecular weight excluding hydrogens is 718 g/mol. The maximum Gasteiger partial charge on any atom is 0.257 e. The van der Waals surface area contributed by atoms with Gasteiger partial charge >= 0.3 is 0 Å². The Balaban J connectivity index is 1.43. The summed E-state index contributed by atoms with van der Waals surface area (Å²) in [5.74, 6) is -0.331. The molecule has 2 N–H and O–H groups in total. The third kappa shape index (κ3) is 9.12. The summed E-state index contributed by atoms with van der Waals surface area (Å²) in [6, 6.07) is 15.3. The highest BCUT2D eigenvalue weighted by Crippen LogP contribution is 2.39. The fourth-order valence-electron chi connectivity index (χ4n) is 5.40. The van der Waals surface area contributed by atoms with Crippen molar-refractivity contribution in [1.82, 2.24) is 15.0 Å². The van der Waals surface area contributed by atoms with Gasteiger partial charge in [-0.1, -0.05) is 107 Å². The van der Waals surface area contributed by atoms with E-state index in [2.05, 4.69) is 96.6 Å². The highest BCUT2D eigenvalue weighted by atomic mass is 79.9. The van der Waals surface area contributed by atoms with E-state index in [1.807, 2.05) is 0 Å². The van der Waals surface area contributed by atoms with Crippen LogP contribution in [0.15, 0.2) is 59.1 Å². The minimum Gasteiger partial charge on any atom is -0.493 e. The van der Waals surface area contributed by atoms with Gasteiger partial charge in [0.15, 0.2) is 11.8 Å². The van der Waals surface area contributed by atoms with Gasteiger partial charge in [-0.25, -0.2) is 4.68 Å². The summed E-state index contributed by atoms with van der Waals surface area (Å²) in [6.45, 7) is 19.0. The lowest BCUT2D eigenvalue weighted by molar-refractivity contribution is -0.135. The van der Waals surface area contributed by atoms with Crippen molar-refractivity contribution >= 4 is 67.5 Å². The van der Waals surface area contributed by atoms with E-state index >= 15 is 0 Å². The number of ketones is 1. The standard InChI is InChI=1S/C39H49BrClN5O4/c1-10-38(6,7)24-14-19-32(27(21-24)39(8,9)11-2)50-20-12-13-33(47)42-26-16-17-28(41)29(23-26)43-36(49)34(35(48)37(3,4)5)46-31-18-15-25(40)22-30(31)44-45-46/h14-19,21-23,34H,10-13,20H2,1-9H3,(H,42,47)(H,43,49)/t34-/m0/s1. The van der Waals surface area contributed by atoms with Crippen molar-refractivity contribution in [1.29, 1.82) is 0 Å². The molecule has 268 valence electrons. The van der Waals surface area contributed by atoms with Crippen molar-refractivity contribution in [3.05, 3.63) is 75.2 Å². The van der Waals surface area contributed by atoms with Crippen molar-refractivity contribution in [2.45, 2.75) is 105 Å². The number of anilines is 2. The van der Waals surface area contributed by atoms with Gasteiger partial charge in [0.05, 0.1) is 22.8 Å². The third-order valence-corrected chi connectivity index (χ3v) is 10.3. The Kier molecular flexibility index (Phi) is 12.2. The van der Waals surface area contributed by atoms with E-state index in [-0.39, 0.29) is 39.7 Å². The van der Waals surface area contributed by atoms with Crippen LogP contribution in [0.3, 0.4) is 0 Å². The lowest BCUT2D eigenvalue weighted by atomic mass is 9.76. The van der Waals surface area contributed by atoms with Crippen LogP contribution >= 0.6 is 27.5 Å². The zero-order valence-electron chi connectivity index (χ0n) is 30.5. The minimum atomic E-state index is -1.31. The molecule has 0 fully saturated rings. The molecule has 2 amide bonds. The first kappa shape index (κ1) is 39.0. The van der Waals surface area contributed by atoms with Gasteiger partial charge in [0.1, 0.15) is 11.3 Å². The molecule has 0 aliphatic carbocycles. The molecule has 0 spiro atoms. The molecule has 4 aromatic rings. The first-order chi connectivity index (χ1) is 23.4. The quantitative estimate of drug-likeness (QED) is 0.0976. The van der Waals surface area contributed by atoms with E-state index < -0.39 is 17.4 Å². The van der Waals surface area contributed by atoms with Crippen molar-refractivity contribution < 1.29 is 19.1 Å². The maximum atomic E-state index is 13.8. The third-order valence-electron chi connectivity index (χ3n) is 9.49.